The smallest absolute Gasteiger partial charge is 0.0725 e. The van der Waals surface area contributed by atoms with Crippen molar-refractivity contribution in [3.05, 3.63) is 77.5 Å². The van der Waals surface area contributed by atoms with Gasteiger partial charge in [0.1, 0.15) is 0 Å². The molecule has 2 aromatic carbocycles. The zero-order valence-electron chi connectivity index (χ0n) is 11.4. The third-order valence-corrected chi connectivity index (χ3v) is 3.49. The van der Waals surface area contributed by atoms with Gasteiger partial charge in [-0.25, -0.2) is 5.43 Å². The molecule has 1 atom stereocenters. The van der Waals surface area contributed by atoms with Crippen LogP contribution in [0, 0.1) is 6.92 Å². The molecule has 0 amide bonds. The number of nitrogens with two attached hydrogens (primary N) is 1. The predicted molar refractivity (Wildman–Crippen MR) is 82.1 cm³/mol. The summed E-state index contributed by atoms with van der Waals surface area (Å²) < 4.78 is 0. The average molecular weight is 263 g/mol. The number of para-hydroxylation sites is 1. The van der Waals surface area contributed by atoms with E-state index in [1.165, 1.54) is 5.56 Å². The minimum Gasteiger partial charge on any atom is -0.271 e. The molecule has 0 fully saturated rings. The molecule has 3 nitrogen and oxygen atoms in total. The van der Waals surface area contributed by atoms with Crippen LogP contribution in [0.25, 0.3) is 10.9 Å². The Morgan fingerprint density at radius 3 is 2.65 bits per heavy atom. The molecule has 20 heavy (non-hydrogen) atoms. The van der Waals surface area contributed by atoms with Crippen molar-refractivity contribution >= 4 is 10.9 Å². The van der Waals surface area contributed by atoms with Crippen molar-refractivity contribution in [3.63, 3.8) is 0 Å². The molecule has 3 rings (SSSR count). The number of aryl methyl sites for hydroxylation is 1. The van der Waals surface area contributed by atoms with E-state index in [1.807, 2.05) is 30.5 Å². The van der Waals surface area contributed by atoms with Crippen LogP contribution >= 0.6 is 0 Å². The minimum absolute atomic E-state index is 0.0491. The molecule has 0 aliphatic heterocycles. The van der Waals surface area contributed by atoms with Crippen molar-refractivity contribution in [1.82, 2.24) is 10.4 Å². The summed E-state index contributed by atoms with van der Waals surface area (Å²) in [6.07, 6.45) is 1.88. The summed E-state index contributed by atoms with van der Waals surface area (Å²) in [5.41, 5.74) is 7.31. The van der Waals surface area contributed by atoms with Crippen molar-refractivity contribution in [1.29, 1.82) is 0 Å². The van der Waals surface area contributed by atoms with Gasteiger partial charge in [0, 0.05) is 11.6 Å². The number of benzene rings is 2. The number of rotatable bonds is 3. The first kappa shape index (κ1) is 12.8. The Kier molecular flexibility index (Phi) is 3.46. The minimum atomic E-state index is -0.0491. The standard InChI is InChI=1S/C17H17N3/c1-12-5-4-7-14(9-12)17(20-18)15-10-13-6-2-3-8-16(13)19-11-15/h2-11,17,20H,18H2,1H3. The van der Waals surface area contributed by atoms with E-state index in [-0.39, 0.29) is 6.04 Å². The highest BCUT2D eigenvalue weighted by atomic mass is 15.2. The maximum atomic E-state index is 5.75. The molecule has 1 heterocycles. The Labute approximate surface area is 118 Å². The van der Waals surface area contributed by atoms with Gasteiger partial charge in [0.15, 0.2) is 0 Å². The molecular weight excluding hydrogens is 246 g/mol. The van der Waals surface area contributed by atoms with E-state index < -0.39 is 0 Å². The lowest BCUT2D eigenvalue weighted by atomic mass is 9.98. The number of nitrogens with one attached hydrogen (secondary N) is 1. The van der Waals surface area contributed by atoms with Crippen molar-refractivity contribution in [2.45, 2.75) is 13.0 Å². The summed E-state index contributed by atoms with van der Waals surface area (Å²) in [6, 6.07) is 18.5. The van der Waals surface area contributed by atoms with Crippen LogP contribution in [0.3, 0.4) is 0 Å². The number of hydrogen-bond acceptors (Lipinski definition) is 3. The zero-order valence-corrected chi connectivity index (χ0v) is 11.4. The van der Waals surface area contributed by atoms with Gasteiger partial charge in [-0.15, -0.1) is 0 Å². The fourth-order valence-corrected chi connectivity index (χ4v) is 2.48. The summed E-state index contributed by atoms with van der Waals surface area (Å²) >= 11 is 0. The first-order chi connectivity index (χ1) is 9.78. The lowest BCUT2D eigenvalue weighted by Gasteiger charge is -2.17. The number of hydrazine groups is 1. The normalized spacial score (nSPS) is 12.5. The number of nitrogens with zero attached hydrogens (tertiary/aromatic N) is 1. The summed E-state index contributed by atoms with van der Waals surface area (Å²) in [4.78, 5) is 4.50. The van der Waals surface area contributed by atoms with Crippen molar-refractivity contribution in [2.75, 3.05) is 0 Å². The van der Waals surface area contributed by atoms with Gasteiger partial charge in [-0.05, 0) is 30.2 Å². The highest BCUT2D eigenvalue weighted by molar-refractivity contribution is 5.78. The molecule has 3 heteroatoms. The number of hydrogen-bond donors (Lipinski definition) is 2. The summed E-state index contributed by atoms with van der Waals surface area (Å²) in [5.74, 6) is 5.75. The van der Waals surface area contributed by atoms with Crippen LogP contribution in [0.4, 0.5) is 0 Å². The van der Waals surface area contributed by atoms with Crippen LogP contribution in [0.1, 0.15) is 22.7 Å². The predicted octanol–water partition coefficient (Wildman–Crippen LogP) is 3.10. The first-order valence-electron chi connectivity index (χ1n) is 6.65. The van der Waals surface area contributed by atoms with Crippen LogP contribution in [0.2, 0.25) is 0 Å². The van der Waals surface area contributed by atoms with Gasteiger partial charge in [0.05, 0.1) is 11.6 Å². The second kappa shape index (κ2) is 5.41. The Balaban J connectivity index is 2.07. The maximum Gasteiger partial charge on any atom is 0.0725 e. The Hall–Kier alpha value is -2.23. The highest BCUT2D eigenvalue weighted by Gasteiger charge is 2.13. The van der Waals surface area contributed by atoms with E-state index in [0.717, 1.165) is 22.0 Å². The van der Waals surface area contributed by atoms with Gasteiger partial charge in [-0.3, -0.25) is 10.8 Å². The maximum absolute atomic E-state index is 5.75. The zero-order chi connectivity index (χ0) is 13.9. The second-order valence-electron chi connectivity index (χ2n) is 4.98. The highest BCUT2D eigenvalue weighted by Crippen LogP contribution is 2.24. The van der Waals surface area contributed by atoms with E-state index in [1.54, 1.807) is 0 Å². The SMILES string of the molecule is Cc1cccc(C(NN)c2cnc3ccccc3c2)c1. The van der Waals surface area contributed by atoms with Gasteiger partial charge in [0.25, 0.3) is 0 Å². The first-order valence-corrected chi connectivity index (χ1v) is 6.65. The summed E-state index contributed by atoms with van der Waals surface area (Å²) in [7, 11) is 0. The molecule has 0 aliphatic carbocycles. The fraction of sp³-hybridized carbons (Fsp3) is 0.118. The van der Waals surface area contributed by atoms with Crippen LogP contribution < -0.4 is 11.3 Å². The van der Waals surface area contributed by atoms with Crippen molar-refractivity contribution in [2.24, 2.45) is 5.84 Å². The topological polar surface area (TPSA) is 50.9 Å². The molecule has 0 aliphatic rings. The molecule has 0 bridgehead atoms. The lowest BCUT2D eigenvalue weighted by Crippen LogP contribution is -2.29. The molecule has 100 valence electrons. The van der Waals surface area contributed by atoms with E-state index in [0.29, 0.717) is 0 Å². The monoisotopic (exact) mass is 263 g/mol. The van der Waals surface area contributed by atoms with Crippen LogP contribution in [-0.2, 0) is 0 Å². The number of fused-ring (bicyclic) bond motifs is 1. The largest absolute Gasteiger partial charge is 0.271 e. The number of pyridine rings is 1. The third-order valence-electron chi connectivity index (χ3n) is 3.49. The fourth-order valence-electron chi connectivity index (χ4n) is 2.48. The quantitative estimate of drug-likeness (QED) is 0.564. The van der Waals surface area contributed by atoms with Crippen molar-refractivity contribution in [3.8, 4) is 0 Å². The molecule has 3 aromatic rings. The van der Waals surface area contributed by atoms with Crippen LogP contribution in [-0.4, -0.2) is 4.98 Å². The average Bonchev–Trinajstić information content (AvgIpc) is 2.48. The van der Waals surface area contributed by atoms with Crippen LogP contribution in [0.5, 0.6) is 0 Å². The van der Waals surface area contributed by atoms with Gasteiger partial charge in [-0.1, -0.05) is 48.0 Å². The third kappa shape index (κ3) is 2.41. The lowest BCUT2D eigenvalue weighted by molar-refractivity contribution is 0.635. The van der Waals surface area contributed by atoms with Gasteiger partial charge >= 0.3 is 0 Å². The molecular formula is C17H17N3. The van der Waals surface area contributed by atoms with Gasteiger partial charge < -0.3 is 0 Å². The molecule has 3 N–H and O–H groups in total. The summed E-state index contributed by atoms with van der Waals surface area (Å²) in [5, 5.41) is 1.12. The molecule has 1 unspecified atom stereocenters. The molecule has 0 radical (unpaired) electrons. The molecule has 0 saturated heterocycles. The van der Waals surface area contributed by atoms with E-state index in [2.05, 4.69) is 47.7 Å². The summed E-state index contributed by atoms with van der Waals surface area (Å²) in [6.45, 7) is 2.08. The molecule has 0 saturated carbocycles. The number of aromatic nitrogens is 1. The Bertz CT molecular complexity index is 737. The van der Waals surface area contributed by atoms with Crippen molar-refractivity contribution < 1.29 is 0 Å². The Morgan fingerprint density at radius 2 is 1.85 bits per heavy atom. The van der Waals surface area contributed by atoms with E-state index in [4.69, 9.17) is 5.84 Å². The molecule has 0 spiro atoms. The Morgan fingerprint density at radius 1 is 1.00 bits per heavy atom. The van der Waals surface area contributed by atoms with E-state index >= 15 is 0 Å². The molecule has 1 aromatic heterocycles. The van der Waals surface area contributed by atoms with E-state index in [9.17, 15) is 0 Å². The van der Waals surface area contributed by atoms with Gasteiger partial charge in [-0.2, -0.15) is 0 Å². The van der Waals surface area contributed by atoms with Gasteiger partial charge in [0.2, 0.25) is 0 Å². The van der Waals surface area contributed by atoms with Crippen LogP contribution in [0.15, 0.2) is 60.8 Å². The second-order valence-corrected chi connectivity index (χ2v) is 4.98.